The van der Waals surface area contributed by atoms with Crippen molar-refractivity contribution >= 4 is 27.8 Å². The molecule has 1 aromatic carbocycles. The number of fused-ring (bicyclic) bond motifs is 1. The van der Waals surface area contributed by atoms with Crippen molar-refractivity contribution in [3.8, 4) is 0 Å². The lowest BCUT2D eigenvalue weighted by Gasteiger charge is -1.96. The third-order valence-corrected chi connectivity index (χ3v) is 3.06. The van der Waals surface area contributed by atoms with E-state index in [1.807, 2.05) is 6.92 Å². The number of aromatic nitrogens is 1. The van der Waals surface area contributed by atoms with Gasteiger partial charge in [-0.05, 0) is 31.0 Å². The van der Waals surface area contributed by atoms with Gasteiger partial charge in [0.15, 0.2) is 0 Å². The number of carbonyl (C=O) groups is 1. The molecule has 14 heavy (non-hydrogen) atoms. The summed E-state index contributed by atoms with van der Waals surface area (Å²) in [5, 5.41) is 1.09. The van der Waals surface area contributed by atoms with Crippen LogP contribution in [0.4, 0.5) is 0 Å². The van der Waals surface area contributed by atoms with Crippen LogP contribution in [-0.4, -0.2) is 11.3 Å². The van der Waals surface area contributed by atoms with Crippen LogP contribution in [0.2, 0.25) is 0 Å². The van der Waals surface area contributed by atoms with Gasteiger partial charge in [0.25, 0.3) is 0 Å². The number of benzene rings is 1. The average molecular weight is 205 g/mol. The fourth-order valence-corrected chi connectivity index (χ4v) is 2.28. The molecule has 0 atom stereocenters. The largest absolute Gasteiger partial charge is 0.303 e. The first-order valence-corrected chi connectivity index (χ1v) is 5.41. The Labute approximate surface area is 86.6 Å². The number of aryl methyl sites for hydroxylation is 2. The van der Waals surface area contributed by atoms with Crippen molar-refractivity contribution in [2.45, 2.75) is 19.8 Å². The third kappa shape index (κ3) is 1.82. The molecule has 0 bridgehead atoms. The van der Waals surface area contributed by atoms with Crippen molar-refractivity contribution in [2.24, 2.45) is 0 Å². The summed E-state index contributed by atoms with van der Waals surface area (Å²) in [6, 6.07) is 6.23. The Morgan fingerprint density at radius 2 is 2.36 bits per heavy atom. The van der Waals surface area contributed by atoms with Crippen LogP contribution in [0.15, 0.2) is 18.2 Å². The Balaban J connectivity index is 2.35. The number of carbonyl (C=O) groups excluding carboxylic acids is 1. The maximum Gasteiger partial charge on any atom is 0.120 e. The summed E-state index contributed by atoms with van der Waals surface area (Å²) in [5.74, 6) is 0. The fourth-order valence-electron chi connectivity index (χ4n) is 1.47. The lowest BCUT2D eigenvalue weighted by Crippen LogP contribution is -1.85. The molecule has 0 aliphatic heterocycles. The van der Waals surface area contributed by atoms with Crippen LogP contribution in [0.25, 0.3) is 10.2 Å². The molecule has 1 heterocycles. The SMILES string of the molecule is Cc1nc2cc(CCC=O)ccc2s1. The van der Waals surface area contributed by atoms with Crippen molar-refractivity contribution in [3.63, 3.8) is 0 Å². The van der Waals surface area contributed by atoms with Gasteiger partial charge in [-0.2, -0.15) is 0 Å². The number of aldehydes is 1. The highest BCUT2D eigenvalue weighted by atomic mass is 32.1. The van der Waals surface area contributed by atoms with E-state index in [9.17, 15) is 4.79 Å². The van der Waals surface area contributed by atoms with Crippen LogP contribution >= 0.6 is 11.3 Å². The first-order valence-electron chi connectivity index (χ1n) is 4.59. The summed E-state index contributed by atoms with van der Waals surface area (Å²) >= 11 is 1.70. The molecule has 2 nitrogen and oxygen atoms in total. The number of hydrogen-bond acceptors (Lipinski definition) is 3. The van der Waals surface area contributed by atoms with Gasteiger partial charge >= 0.3 is 0 Å². The second-order valence-corrected chi connectivity index (χ2v) is 4.48. The highest BCUT2D eigenvalue weighted by Crippen LogP contribution is 2.22. The summed E-state index contributed by atoms with van der Waals surface area (Å²) in [4.78, 5) is 14.6. The highest BCUT2D eigenvalue weighted by molar-refractivity contribution is 7.18. The van der Waals surface area contributed by atoms with Gasteiger partial charge in [-0.3, -0.25) is 0 Å². The molecule has 1 aromatic heterocycles. The van der Waals surface area contributed by atoms with Gasteiger partial charge < -0.3 is 4.79 Å². The fraction of sp³-hybridized carbons (Fsp3) is 0.273. The van der Waals surface area contributed by atoms with Crippen LogP contribution < -0.4 is 0 Å². The van der Waals surface area contributed by atoms with Crippen LogP contribution in [0.1, 0.15) is 17.0 Å². The third-order valence-electron chi connectivity index (χ3n) is 2.11. The van der Waals surface area contributed by atoms with Gasteiger partial charge in [0, 0.05) is 6.42 Å². The summed E-state index contributed by atoms with van der Waals surface area (Å²) in [5.41, 5.74) is 2.24. The molecular formula is C11H11NOS. The number of hydrogen-bond donors (Lipinski definition) is 0. The van der Waals surface area contributed by atoms with Gasteiger partial charge in [-0.1, -0.05) is 6.07 Å². The highest BCUT2D eigenvalue weighted by Gasteiger charge is 2.01. The molecule has 0 aliphatic rings. The smallest absolute Gasteiger partial charge is 0.120 e. The Kier molecular flexibility index (Phi) is 2.59. The van der Waals surface area contributed by atoms with Crippen LogP contribution in [0.5, 0.6) is 0 Å². The zero-order valence-corrected chi connectivity index (χ0v) is 8.80. The summed E-state index contributed by atoms with van der Waals surface area (Å²) in [6.45, 7) is 2.01. The minimum absolute atomic E-state index is 0.592. The normalized spacial score (nSPS) is 10.6. The topological polar surface area (TPSA) is 30.0 Å². The van der Waals surface area contributed by atoms with Crippen molar-refractivity contribution in [1.29, 1.82) is 0 Å². The Hall–Kier alpha value is -1.22. The minimum atomic E-state index is 0.592. The molecular weight excluding hydrogens is 194 g/mol. The van der Waals surface area contributed by atoms with Crippen molar-refractivity contribution in [1.82, 2.24) is 4.98 Å². The van der Waals surface area contributed by atoms with E-state index < -0.39 is 0 Å². The molecule has 0 saturated carbocycles. The van der Waals surface area contributed by atoms with E-state index in [2.05, 4.69) is 23.2 Å². The van der Waals surface area contributed by atoms with Crippen LogP contribution in [-0.2, 0) is 11.2 Å². The lowest BCUT2D eigenvalue weighted by atomic mass is 10.1. The molecule has 3 heteroatoms. The quantitative estimate of drug-likeness (QED) is 0.721. The molecule has 0 fully saturated rings. The molecule has 0 saturated heterocycles. The number of nitrogens with zero attached hydrogens (tertiary/aromatic N) is 1. The second kappa shape index (κ2) is 3.88. The minimum Gasteiger partial charge on any atom is -0.303 e. The molecule has 2 rings (SSSR count). The summed E-state index contributed by atoms with van der Waals surface area (Å²) < 4.78 is 1.22. The zero-order chi connectivity index (χ0) is 9.97. The Morgan fingerprint density at radius 3 is 3.14 bits per heavy atom. The number of rotatable bonds is 3. The first kappa shape index (κ1) is 9.34. The average Bonchev–Trinajstić information content (AvgIpc) is 2.54. The van der Waals surface area contributed by atoms with Gasteiger partial charge in [0.05, 0.1) is 15.2 Å². The maximum absolute atomic E-state index is 10.2. The molecule has 0 amide bonds. The van der Waals surface area contributed by atoms with E-state index in [4.69, 9.17) is 0 Å². The van der Waals surface area contributed by atoms with Crippen molar-refractivity contribution in [2.75, 3.05) is 0 Å². The number of thiazole rings is 1. The lowest BCUT2D eigenvalue weighted by molar-refractivity contribution is -0.107. The standard InChI is InChI=1S/C11H11NOS/c1-8-12-10-7-9(3-2-6-13)4-5-11(10)14-8/h4-7H,2-3H2,1H3. The zero-order valence-electron chi connectivity index (χ0n) is 7.99. The van der Waals surface area contributed by atoms with E-state index in [1.54, 1.807) is 11.3 Å². The monoisotopic (exact) mass is 205 g/mol. The molecule has 0 unspecified atom stereocenters. The van der Waals surface area contributed by atoms with Gasteiger partial charge in [0.2, 0.25) is 0 Å². The molecule has 2 aromatic rings. The molecule has 72 valence electrons. The predicted octanol–water partition coefficient (Wildman–Crippen LogP) is 2.74. The summed E-state index contributed by atoms with van der Waals surface area (Å²) in [7, 11) is 0. The predicted molar refractivity (Wildman–Crippen MR) is 58.7 cm³/mol. The van der Waals surface area contributed by atoms with E-state index in [1.165, 1.54) is 10.3 Å². The Bertz CT molecular complexity index is 461. The van der Waals surface area contributed by atoms with Crippen LogP contribution in [0.3, 0.4) is 0 Å². The van der Waals surface area contributed by atoms with Crippen LogP contribution in [0, 0.1) is 6.92 Å². The second-order valence-electron chi connectivity index (χ2n) is 3.24. The molecule has 0 spiro atoms. The Morgan fingerprint density at radius 1 is 1.50 bits per heavy atom. The van der Waals surface area contributed by atoms with Crippen molar-refractivity contribution < 1.29 is 4.79 Å². The van der Waals surface area contributed by atoms with Gasteiger partial charge in [-0.25, -0.2) is 4.98 Å². The van der Waals surface area contributed by atoms with Gasteiger partial charge in [0.1, 0.15) is 6.29 Å². The molecule has 0 aliphatic carbocycles. The van der Waals surface area contributed by atoms with Crippen molar-refractivity contribution in [3.05, 3.63) is 28.8 Å². The van der Waals surface area contributed by atoms with E-state index in [-0.39, 0.29) is 0 Å². The van der Waals surface area contributed by atoms with E-state index >= 15 is 0 Å². The van der Waals surface area contributed by atoms with Gasteiger partial charge in [-0.15, -0.1) is 11.3 Å². The first-order chi connectivity index (χ1) is 6.79. The molecule has 0 radical (unpaired) electrons. The molecule has 0 N–H and O–H groups in total. The van der Waals surface area contributed by atoms with E-state index in [0.717, 1.165) is 23.2 Å². The summed E-state index contributed by atoms with van der Waals surface area (Å²) in [6.07, 6.45) is 2.36. The van der Waals surface area contributed by atoms with E-state index in [0.29, 0.717) is 6.42 Å². The maximum atomic E-state index is 10.2.